The molecule has 0 aliphatic heterocycles. The maximum absolute atomic E-state index is 5.65. The van der Waals surface area contributed by atoms with Crippen LogP contribution in [0.4, 0.5) is 0 Å². The predicted octanol–water partition coefficient (Wildman–Crippen LogP) is 3.97. The van der Waals surface area contributed by atoms with Gasteiger partial charge in [0.05, 0.1) is 0 Å². The Hall–Kier alpha value is -0.140. The third-order valence-corrected chi connectivity index (χ3v) is 2.88. The molecule has 0 spiro atoms. The molecule has 0 bridgehead atoms. The number of hydrogen-bond acceptors (Lipinski definition) is 1. The van der Waals surface area contributed by atoms with E-state index in [0.29, 0.717) is 11.1 Å². The zero-order valence-corrected chi connectivity index (χ0v) is 9.66. The second kappa shape index (κ2) is 5.56. The molecule has 0 aliphatic rings. The summed E-state index contributed by atoms with van der Waals surface area (Å²) in [4.78, 5) is 1.34. The highest BCUT2D eigenvalue weighted by atomic mass is 35.5. The minimum Gasteiger partial charge on any atom is -0.126 e. The summed E-state index contributed by atoms with van der Waals surface area (Å²) < 4.78 is 0. The molecule has 0 atom stereocenters. The fourth-order valence-corrected chi connectivity index (χ4v) is 2.17. The van der Waals surface area contributed by atoms with Crippen LogP contribution in [-0.4, -0.2) is 11.1 Å². The predicted molar refractivity (Wildman–Crippen MR) is 61.9 cm³/mol. The molecule has 1 aromatic rings. The van der Waals surface area contributed by atoms with E-state index in [-0.39, 0.29) is 0 Å². The standard InChI is InChI=1S/C11H15ClS/c1-9(2)13-11-5-3-10(4-6-11)7-8-12/h3-6,9H,7-8H2,1-2H3. The fraction of sp³-hybridized carbons (Fsp3) is 0.455. The third-order valence-electron chi connectivity index (χ3n) is 1.68. The van der Waals surface area contributed by atoms with Crippen molar-refractivity contribution in [3.05, 3.63) is 29.8 Å². The van der Waals surface area contributed by atoms with Gasteiger partial charge in [0.15, 0.2) is 0 Å². The minimum absolute atomic E-state index is 0.652. The first kappa shape index (κ1) is 10.9. The molecule has 13 heavy (non-hydrogen) atoms. The Morgan fingerprint density at radius 3 is 2.31 bits per heavy atom. The van der Waals surface area contributed by atoms with Gasteiger partial charge in [-0.3, -0.25) is 0 Å². The maximum atomic E-state index is 5.65. The summed E-state index contributed by atoms with van der Waals surface area (Å²) in [5.41, 5.74) is 1.32. The van der Waals surface area contributed by atoms with E-state index in [4.69, 9.17) is 11.6 Å². The normalized spacial score (nSPS) is 10.8. The molecule has 0 radical (unpaired) electrons. The Balaban J connectivity index is 2.59. The van der Waals surface area contributed by atoms with Gasteiger partial charge >= 0.3 is 0 Å². The summed E-state index contributed by atoms with van der Waals surface area (Å²) in [6.45, 7) is 4.41. The van der Waals surface area contributed by atoms with E-state index >= 15 is 0 Å². The lowest BCUT2D eigenvalue weighted by molar-refractivity contribution is 1.10. The van der Waals surface area contributed by atoms with Crippen molar-refractivity contribution >= 4 is 23.4 Å². The van der Waals surface area contributed by atoms with Crippen molar-refractivity contribution in [2.75, 3.05) is 5.88 Å². The van der Waals surface area contributed by atoms with Gasteiger partial charge in [-0.05, 0) is 24.1 Å². The van der Waals surface area contributed by atoms with Crippen LogP contribution in [0.25, 0.3) is 0 Å². The summed E-state index contributed by atoms with van der Waals surface area (Å²) in [5, 5.41) is 0.652. The second-order valence-corrected chi connectivity index (χ2v) is 5.28. The molecule has 1 aromatic carbocycles. The van der Waals surface area contributed by atoms with E-state index in [2.05, 4.69) is 38.1 Å². The van der Waals surface area contributed by atoms with Crippen LogP contribution in [-0.2, 0) is 6.42 Å². The molecule has 0 heterocycles. The van der Waals surface area contributed by atoms with Crippen molar-refractivity contribution in [2.45, 2.75) is 30.4 Å². The summed E-state index contributed by atoms with van der Waals surface area (Å²) in [6.07, 6.45) is 0.966. The Morgan fingerprint density at radius 1 is 1.23 bits per heavy atom. The third kappa shape index (κ3) is 4.06. The van der Waals surface area contributed by atoms with Gasteiger partial charge in [-0.15, -0.1) is 23.4 Å². The number of rotatable bonds is 4. The highest BCUT2D eigenvalue weighted by Gasteiger charge is 1.97. The molecule has 0 aromatic heterocycles. The average molecular weight is 215 g/mol. The molecule has 0 nitrogen and oxygen atoms in total. The summed E-state index contributed by atoms with van der Waals surface area (Å²) in [5.74, 6) is 0.705. The number of halogens is 1. The zero-order chi connectivity index (χ0) is 9.68. The lowest BCUT2D eigenvalue weighted by Gasteiger charge is -2.05. The van der Waals surface area contributed by atoms with E-state index in [1.165, 1.54) is 10.5 Å². The van der Waals surface area contributed by atoms with Crippen molar-refractivity contribution in [2.24, 2.45) is 0 Å². The van der Waals surface area contributed by atoms with Crippen molar-refractivity contribution in [3.8, 4) is 0 Å². The lowest BCUT2D eigenvalue weighted by Crippen LogP contribution is -1.88. The Morgan fingerprint density at radius 2 is 1.85 bits per heavy atom. The van der Waals surface area contributed by atoms with Crippen molar-refractivity contribution < 1.29 is 0 Å². The van der Waals surface area contributed by atoms with Crippen LogP contribution in [0.1, 0.15) is 19.4 Å². The molecule has 0 aliphatic carbocycles. The molecule has 0 fully saturated rings. The highest BCUT2D eigenvalue weighted by molar-refractivity contribution is 7.99. The van der Waals surface area contributed by atoms with Gasteiger partial charge in [-0.1, -0.05) is 26.0 Å². The van der Waals surface area contributed by atoms with Crippen LogP contribution < -0.4 is 0 Å². The SMILES string of the molecule is CC(C)Sc1ccc(CCCl)cc1. The summed E-state index contributed by atoms with van der Waals surface area (Å²) >= 11 is 7.55. The largest absolute Gasteiger partial charge is 0.126 e. The average Bonchev–Trinajstić information content (AvgIpc) is 2.08. The topological polar surface area (TPSA) is 0 Å². The highest BCUT2D eigenvalue weighted by Crippen LogP contribution is 2.22. The van der Waals surface area contributed by atoms with Crippen LogP contribution in [0.3, 0.4) is 0 Å². The van der Waals surface area contributed by atoms with E-state index in [1.807, 2.05) is 11.8 Å². The summed E-state index contributed by atoms with van der Waals surface area (Å²) in [7, 11) is 0. The quantitative estimate of drug-likeness (QED) is 0.540. The van der Waals surface area contributed by atoms with Crippen LogP contribution in [0.5, 0.6) is 0 Å². The monoisotopic (exact) mass is 214 g/mol. The Kier molecular flexibility index (Phi) is 4.68. The van der Waals surface area contributed by atoms with Crippen molar-refractivity contribution in [1.29, 1.82) is 0 Å². The molecular weight excluding hydrogens is 200 g/mol. The van der Waals surface area contributed by atoms with Crippen molar-refractivity contribution in [3.63, 3.8) is 0 Å². The van der Waals surface area contributed by atoms with Gasteiger partial charge in [0.1, 0.15) is 0 Å². The lowest BCUT2D eigenvalue weighted by atomic mass is 10.2. The molecule has 0 N–H and O–H groups in total. The van der Waals surface area contributed by atoms with E-state index in [9.17, 15) is 0 Å². The minimum atomic E-state index is 0.652. The molecular formula is C11H15ClS. The molecule has 72 valence electrons. The van der Waals surface area contributed by atoms with E-state index in [0.717, 1.165) is 6.42 Å². The van der Waals surface area contributed by atoms with Gasteiger partial charge < -0.3 is 0 Å². The van der Waals surface area contributed by atoms with Crippen LogP contribution >= 0.6 is 23.4 Å². The molecule has 0 saturated carbocycles. The van der Waals surface area contributed by atoms with Gasteiger partial charge in [-0.2, -0.15) is 0 Å². The van der Waals surface area contributed by atoms with Gasteiger partial charge in [0, 0.05) is 16.0 Å². The molecule has 2 heteroatoms. The number of benzene rings is 1. The molecule has 1 rings (SSSR count). The van der Waals surface area contributed by atoms with Gasteiger partial charge in [-0.25, -0.2) is 0 Å². The number of thioether (sulfide) groups is 1. The zero-order valence-electron chi connectivity index (χ0n) is 8.09. The first-order valence-corrected chi connectivity index (χ1v) is 5.95. The smallest absolute Gasteiger partial charge is 0.0263 e. The van der Waals surface area contributed by atoms with E-state index < -0.39 is 0 Å². The van der Waals surface area contributed by atoms with Crippen molar-refractivity contribution in [1.82, 2.24) is 0 Å². The molecule has 0 unspecified atom stereocenters. The maximum Gasteiger partial charge on any atom is 0.0263 e. The van der Waals surface area contributed by atoms with Crippen LogP contribution in [0.2, 0.25) is 0 Å². The Labute approximate surface area is 89.7 Å². The first-order valence-electron chi connectivity index (χ1n) is 4.54. The first-order chi connectivity index (χ1) is 6.22. The van der Waals surface area contributed by atoms with E-state index in [1.54, 1.807) is 0 Å². The second-order valence-electron chi connectivity index (χ2n) is 3.25. The van der Waals surface area contributed by atoms with Gasteiger partial charge in [0.25, 0.3) is 0 Å². The fourth-order valence-electron chi connectivity index (χ4n) is 1.12. The summed E-state index contributed by atoms with van der Waals surface area (Å²) in [6, 6.07) is 8.67. The number of alkyl halides is 1. The molecule has 0 saturated heterocycles. The number of hydrogen-bond donors (Lipinski definition) is 0. The molecule has 0 amide bonds. The number of aryl methyl sites for hydroxylation is 1. The van der Waals surface area contributed by atoms with Crippen LogP contribution in [0.15, 0.2) is 29.2 Å². The van der Waals surface area contributed by atoms with Gasteiger partial charge in [0.2, 0.25) is 0 Å². The Bertz CT molecular complexity index is 241. The van der Waals surface area contributed by atoms with Crippen LogP contribution in [0, 0.1) is 0 Å².